The molecule has 4 nitrogen and oxygen atoms in total. The summed E-state index contributed by atoms with van der Waals surface area (Å²) >= 11 is 0. The molecule has 1 heterocycles. The Hall–Kier alpha value is -2.75. The smallest absolute Gasteiger partial charge is 0.338 e. The zero-order valence-corrected chi connectivity index (χ0v) is 13.5. The predicted molar refractivity (Wildman–Crippen MR) is 92.5 cm³/mol. The Kier molecular flexibility index (Phi) is 3.73. The van der Waals surface area contributed by atoms with Crippen molar-refractivity contribution in [2.24, 2.45) is 0 Å². The van der Waals surface area contributed by atoms with Crippen LogP contribution < -0.4 is 4.74 Å². The van der Waals surface area contributed by atoms with E-state index < -0.39 is 0 Å². The zero-order chi connectivity index (χ0) is 16.5. The number of nitrogens with one attached hydrogen (secondary N) is 1. The Morgan fingerprint density at radius 1 is 1.17 bits per heavy atom. The van der Waals surface area contributed by atoms with E-state index in [0.29, 0.717) is 5.56 Å². The lowest BCUT2D eigenvalue weighted by atomic mass is 9.93. The van der Waals surface area contributed by atoms with Crippen molar-refractivity contribution >= 4 is 16.9 Å². The van der Waals surface area contributed by atoms with Crippen LogP contribution in [-0.4, -0.2) is 24.2 Å². The van der Waals surface area contributed by atoms with Crippen LogP contribution in [0.2, 0.25) is 0 Å². The van der Waals surface area contributed by atoms with E-state index in [-0.39, 0.29) is 12.1 Å². The summed E-state index contributed by atoms with van der Waals surface area (Å²) < 4.78 is 11.1. The van der Waals surface area contributed by atoms with E-state index in [2.05, 4.69) is 4.98 Å². The molecular formula is C20H19NO3. The number of hydrogen-bond acceptors (Lipinski definition) is 3. The summed E-state index contributed by atoms with van der Waals surface area (Å²) in [7, 11) is 1.67. The maximum Gasteiger partial charge on any atom is 0.338 e. The van der Waals surface area contributed by atoms with E-state index in [1.807, 2.05) is 36.4 Å². The molecule has 1 atom stereocenters. The van der Waals surface area contributed by atoms with Crippen LogP contribution in [0.5, 0.6) is 5.75 Å². The maximum absolute atomic E-state index is 12.3. The molecule has 0 aliphatic heterocycles. The third-order valence-electron chi connectivity index (χ3n) is 4.63. The highest BCUT2D eigenvalue weighted by Gasteiger charge is 2.25. The summed E-state index contributed by atoms with van der Waals surface area (Å²) in [6, 6.07) is 15.2. The van der Waals surface area contributed by atoms with Crippen LogP contribution in [0.15, 0.2) is 48.5 Å². The molecule has 0 amide bonds. The lowest BCUT2D eigenvalue weighted by Gasteiger charge is -2.22. The topological polar surface area (TPSA) is 51.3 Å². The van der Waals surface area contributed by atoms with Crippen LogP contribution in [0.25, 0.3) is 10.9 Å². The van der Waals surface area contributed by atoms with E-state index in [4.69, 9.17) is 9.47 Å². The number of rotatable bonds is 3. The Morgan fingerprint density at radius 2 is 2.00 bits per heavy atom. The summed E-state index contributed by atoms with van der Waals surface area (Å²) in [4.78, 5) is 15.8. The van der Waals surface area contributed by atoms with Gasteiger partial charge in [-0.1, -0.05) is 18.2 Å². The first-order valence-electron chi connectivity index (χ1n) is 8.18. The third kappa shape index (κ3) is 2.64. The number of esters is 1. The van der Waals surface area contributed by atoms with Gasteiger partial charge in [-0.25, -0.2) is 4.79 Å². The Morgan fingerprint density at radius 3 is 2.79 bits per heavy atom. The minimum absolute atomic E-state index is 0.0876. The molecule has 0 bridgehead atoms. The number of fused-ring (bicyclic) bond motifs is 3. The van der Waals surface area contributed by atoms with Gasteiger partial charge in [-0.3, -0.25) is 0 Å². The number of benzene rings is 2. The van der Waals surface area contributed by atoms with E-state index >= 15 is 0 Å². The van der Waals surface area contributed by atoms with Gasteiger partial charge in [0.05, 0.1) is 12.7 Å². The van der Waals surface area contributed by atoms with Gasteiger partial charge in [0.2, 0.25) is 0 Å². The number of aryl methyl sites for hydroxylation is 1. The number of aromatic nitrogens is 1. The van der Waals surface area contributed by atoms with E-state index in [1.54, 1.807) is 19.2 Å². The highest BCUT2D eigenvalue weighted by molar-refractivity contribution is 5.90. The molecule has 0 fully saturated rings. The highest BCUT2D eigenvalue weighted by atomic mass is 16.5. The van der Waals surface area contributed by atoms with E-state index in [1.165, 1.54) is 11.3 Å². The van der Waals surface area contributed by atoms with Crippen molar-refractivity contribution in [2.45, 2.75) is 25.4 Å². The fraction of sp³-hybridized carbons (Fsp3) is 0.250. The Bertz CT molecular complexity index is 883. The van der Waals surface area contributed by atoms with Crippen molar-refractivity contribution in [1.29, 1.82) is 0 Å². The molecule has 4 heteroatoms. The molecule has 122 valence electrons. The zero-order valence-electron chi connectivity index (χ0n) is 13.5. The normalized spacial score (nSPS) is 16.6. The van der Waals surface area contributed by atoms with Gasteiger partial charge in [0.25, 0.3) is 0 Å². The molecule has 0 saturated heterocycles. The standard InChI is InChI=1S/C20H19NO3/c1-23-14-7-9-18-16(11-14)17-12-15(8-10-19(17)21-18)24-20(22)13-5-3-2-4-6-13/h2-7,9,11,15,21H,8,10,12H2,1H3. The second kappa shape index (κ2) is 6.04. The van der Waals surface area contributed by atoms with Crippen LogP contribution in [0.1, 0.15) is 28.0 Å². The van der Waals surface area contributed by atoms with Gasteiger partial charge in [-0.15, -0.1) is 0 Å². The quantitative estimate of drug-likeness (QED) is 0.745. The average molecular weight is 321 g/mol. The van der Waals surface area contributed by atoms with Crippen LogP contribution in [0, 0.1) is 0 Å². The largest absolute Gasteiger partial charge is 0.497 e. The molecule has 0 saturated carbocycles. The van der Waals surface area contributed by atoms with Crippen LogP contribution in [-0.2, 0) is 17.6 Å². The molecule has 2 aromatic carbocycles. The Balaban J connectivity index is 1.58. The van der Waals surface area contributed by atoms with Gasteiger partial charge in [0.15, 0.2) is 0 Å². The van der Waals surface area contributed by atoms with Crippen molar-refractivity contribution in [1.82, 2.24) is 4.98 Å². The second-order valence-electron chi connectivity index (χ2n) is 6.13. The maximum atomic E-state index is 12.3. The molecule has 4 rings (SSSR count). The fourth-order valence-electron chi connectivity index (χ4n) is 3.39. The van der Waals surface area contributed by atoms with Crippen molar-refractivity contribution in [3.63, 3.8) is 0 Å². The summed E-state index contributed by atoms with van der Waals surface area (Å²) in [5.41, 5.74) is 4.19. The molecule has 0 spiro atoms. The fourth-order valence-corrected chi connectivity index (χ4v) is 3.39. The summed E-state index contributed by atoms with van der Waals surface area (Å²) in [5, 5.41) is 1.16. The molecule has 1 aliphatic carbocycles. The van der Waals surface area contributed by atoms with Gasteiger partial charge < -0.3 is 14.5 Å². The molecule has 1 aromatic heterocycles. The Labute approximate surface area is 140 Å². The number of carbonyl (C=O) groups excluding carboxylic acids is 1. The minimum atomic E-state index is -0.249. The SMILES string of the molecule is COc1ccc2[nH]c3c(c2c1)CC(OC(=O)c1ccccc1)CC3. The molecule has 1 unspecified atom stereocenters. The third-order valence-corrected chi connectivity index (χ3v) is 4.63. The number of aromatic amines is 1. The first-order chi connectivity index (χ1) is 11.7. The molecular weight excluding hydrogens is 302 g/mol. The summed E-state index contributed by atoms with van der Waals surface area (Å²) in [6.07, 6.45) is 2.38. The predicted octanol–water partition coefficient (Wildman–Crippen LogP) is 3.89. The first kappa shape index (κ1) is 14.8. The molecule has 3 aromatic rings. The summed E-state index contributed by atoms with van der Waals surface area (Å²) in [5.74, 6) is 0.592. The van der Waals surface area contributed by atoms with Gasteiger partial charge in [0.1, 0.15) is 11.9 Å². The van der Waals surface area contributed by atoms with Crippen molar-refractivity contribution < 1.29 is 14.3 Å². The molecule has 24 heavy (non-hydrogen) atoms. The first-order valence-corrected chi connectivity index (χ1v) is 8.18. The molecule has 1 aliphatic rings. The number of carbonyl (C=O) groups is 1. The second-order valence-corrected chi connectivity index (χ2v) is 6.13. The lowest BCUT2D eigenvalue weighted by molar-refractivity contribution is 0.0271. The monoisotopic (exact) mass is 321 g/mol. The number of ether oxygens (including phenoxy) is 2. The van der Waals surface area contributed by atoms with Crippen molar-refractivity contribution in [3.8, 4) is 5.75 Å². The van der Waals surface area contributed by atoms with Gasteiger partial charge in [-0.05, 0) is 48.7 Å². The van der Waals surface area contributed by atoms with E-state index in [0.717, 1.165) is 35.9 Å². The van der Waals surface area contributed by atoms with Gasteiger partial charge in [0, 0.05) is 23.0 Å². The van der Waals surface area contributed by atoms with Gasteiger partial charge >= 0.3 is 5.97 Å². The van der Waals surface area contributed by atoms with Crippen LogP contribution in [0.4, 0.5) is 0 Å². The van der Waals surface area contributed by atoms with Crippen LogP contribution in [0.3, 0.4) is 0 Å². The molecule has 0 radical (unpaired) electrons. The van der Waals surface area contributed by atoms with E-state index in [9.17, 15) is 4.79 Å². The van der Waals surface area contributed by atoms with Gasteiger partial charge in [-0.2, -0.15) is 0 Å². The van der Waals surface area contributed by atoms with Crippen molar-refractivity contribution in [2.75, 3.05) is 7.11 Å². The number of H-pyrrole nitrogens is 1. The molecule has 1 N–H and O–H groups in total. The number of methoxy groups -OCH3 is 1. The summed E-state index contributed by atoms with van der Waals surface area (Å²) in [6.45, 7) is 0. The number of hydrogen-bond donors (Lipinski definition) is 1. The minimum Gasteiger partial charge on any atom is -0.497 e. The average Bonchev–Trinajstić information content (AvgIpc) is 2.99. The lowest BCUT2D eigenvalue weighted by Crippen LogP contribution is -2.25. The van der Waals surface area contributed by atoms with Crippen LogP contribution >= 0.6 is 0 Å². The van der Waals surface area contributed by atoms with Crippen molar-refractivity contribution in [3.05, 3.63) is 65.4 Å². The highest BCUT2D eigenvalue weighted by Crippen LogP contribution is 2.32.